The molecule has 0 spiro atoms. The van der Waals surface area contributed by atoms with E-state index >= 15 is 0 Å². The minimum atomic E-state index is 0.00759. The summed E-state index contributed by atoms with van der Waals surface area (Å²) in [5.74, 6) is 0.00759. The SMILES string of the molecule is CC(CN1CCCC1)NC(=O)c1ccc2cc[nH]c2c1. The number of aromatic nitrogens is 1. The number of aromatic amines is 1. The van der Waals surface area contributed by atoms with E-state index in [2.05, 4.69) is 22.1 Å². The molecule has 20 heavy (non-hydrogen) atoms. The fraction of sp³-hybridized carbons (Fsp3) is 0.438. The molecule has 0 saturated carbocycles. The first kappa shape index (κ1) is 13.2. The Bertz CT molecular complexity index is 599. The number of fused-ring (bicyclic) bond motifs is 1. The number of rotatable bonds is 4. The Labute approximate surface area is 119 Å². The Balaban J connectivity index is 1.62. The lowest BCUT2D eigenvalue weighted by molar-refractivity contribution is 0.0932. The lowest BCUT2D eigenvalue weighted by Gasteiger charge is -2.21. The van der Waals surface area contributed by atoms with Crippen LogP contribution in [0.4, 0.5) is 0 Å². The minimum absolute atomic E-state index is 0.00759. The lowest BCUT2D eigenvalue weighted by atomic mass is 10.1. The fourth-order valence-electron chi connectivity index (χ4n) is 2.89. The van der Waals surface area contributed by atoms with Crippen molar-refractivity contribution in [3.63, 3.8) is 0 Å². The van der Waals surface area contributed by atoms with Crippen molar-refractivity contribution in [2.75, 3.05) is 19.6 Å². The van der Waals surface area contributed by atoms with Crippen molar-refractivity contribution in [2.24, 2.45) is 0 Å². The van der Waals surface area contributed by atoms with Crippen molar-refractivity contribution in [1.29, 1.82) is 0 Å². The zero-order valence-electron chi connectivity index (χ0n) is 11.9. The van der Waals surface area contributed by atoms with Gasteiger partial charge in [0.2, 0.25) is 0 Å². The van der Waals surface area contributed by atoms with Crippen LogP contribution in [0.2, 0.25) is 0 Å². The fourth-order valence-corrected chi connectivity index (χ4v) is 2.89. The summed E-state index contributed by atoms with van der Waals surface area (Å²) >= 11 is 0. The first-order chi connectivity index (χ1) is 9.72. The molecule has 106 valence electrons. The standard InChI is InChI=1S/C16H21N3O/c1-12(11-19-8-2-3-9-19)18-16(20)14-5-4-13-6-7-17-15(13)10-14/h4-7,10,12,17H,2-3,8-9,11H2,1H3,(H,18,20). The van der Waals surface area contributed by atoms with Gasteiger partial charge in [0.05, 0.1) is 0 Å². The van der Waals surface area contributed by atoms with Gasteiger partial charge in [-0.3, -0.25) is 4.79 Å². The first-order valence-corrected chi connectivity index (χ1v) is 7.33. The summed E-state index contributed by atoms with van der Waals surface area (Å²) < 4.78 is 0. The van der Waals surface area contributed by atoms with Crippen LogP contribution in [0.3, 0.4) is 0 Å². The highest BCUT2D eigenvalue weighted by molar-refractivity contribution is 5.98. The number of carbonyl (C=O) groups is 1. The molecule has 1 aliphatic rings. The van der Waals surface area contributed by atoms with Crippen molar-refractivity contribution in [2.45, 2.75) is 25.8 Å². The third kappa shape index (κ3) is 2.85. The van der Waals surface area contributed by atoms with Gasteiger partial charge >= 0.3 is 0 Å². The number of hydrogen-bond acceptors (Lipinski definition) is 2. The van der Waals surface area contributed by atoms with Gasteiger partial charge in [-0.15, -0.1) is 0 Å². The van der Waals surface area contributed by atoms with E-state index in [1.165, 1.54) is 12.8 Å². The summed E-state index contributed by atoms with van der Waals surface area (Å²) in [5, 5.41) is 4.22. The topological polar surface area (TPSA) is 48.1 Å². The second-order valence-corrected chi connectivity index (χ2v) is 5.66. The average Bonchev–Trinajstić information content (AvgIpc) is 3.07. The zero-order valence-corrected chi connectivity index (χ0v) is 11.9. The summed E-state index contributed by atoms with van der Waals surface area (Å²) in [5.41, 5.74) is 1.72. The molecular weight excluding hydrogens is 250 g/mol. The Kier molecular flexibility index (Phi) is 3.74. The van der Waals surface area contributed by atoms with Crippen LogP contribution in [-0.2, 0) is 0 Å². The maximum Gasteiger partial charge on any atom is 0.251 e. The van der Waals surface area contributed by atoms with Crippen LogP contribution in [-0.4, -0.2) is 41.5 Å². The minimum Gasteiger partial charge on any atom is -0.361 e. The molecule has 1 unspecified atom stereocenters. The molecule has 2 N–H and O–H groups in total. The van der Waals surface area contributed by atoms with E-state index in [1.54, 1.807) is 0 Å². The molecular formula is C16H21N3O. The number of carbonyl (C=O) groups excluding carboxylic acids is 1. The molecule has 1 amide bonds. The molecule has 2 heterocycles. The summed E-state index contributed by atoms with van der Waals surface area (Å²) in [7, 11) is 0. The van der Waals surface area contributed by atoms with E-state index in [4.69, 9.17) is 0 Å². The molecule has 1 aromatic carbocycles. The number of nitrogens with zero attached hydrogens (tertiary/aromatic N) is 1. The van der Waals surface area contributed by atoms with Gasteiger partial charge in [-0.25, -0.2) is 0 Å². The normalized spacial score (nSPS) is 17.4. The number of H-pyrrole nitrogens is 1. The Morgan fingerprint density at radius 1 is 1.35 bits per heavy atom. The number of amides is 1. The van der Waals surface area contributed by atoms with Crippen LogP contribution in [0.25, 0.3) is 10.9 Å². The van der Waals surface area contributed by atoms with Crippen LogP contribution in [0.1, 0.15) is 30.1 Å². The summed E-state index contributed by atoms with van der Waals surface area (Å²) in [6.45, 7) is 5.34. The first-order valence-electron chi connectivity index (χ1n) is 7.33. The highest BCUT2D eigenvalue weighted by Crippen LogP contribution is 2.14. The van der Waals surface area contributed by atoms with E-state index in [1.807, 2.05) is 30.5 Å². The maximum atomic E-state index is 12.3. The molecule has 2 aromatic rings. The van der Waals surface area contributed by atoms with Crippen LogP contribution in [0.5, 0.6) is 0 Å². The molecule has 4 nitrogen and oxygen atoms in total. The van der Waals surface area contributed by atoms with Crippen molar-refractivity contribution in [3.05, 3.63) is 36.0 Å². The molecule has 1 fully saturated rings. The van der Waals surface area contributed by atoms with Crippen molar-refractivity contribution < 1.29 is 4.79 Å². The van der Waals surface area contributed by atoms with E-state index in [0.717, 1.165) is 30.5 Å². The second kappa shape index (κ2) is 5.67. The predicted molar refractivity (Wildman–Crippen MR) is 80.9 cm³/mol. The zero-order chi connectivity index (χ0) is 13.9. The van der Waals surface area contributed by atoms with E-state index in [0.29, 0.717) is 5.56 Å². The molecule has 0 radical (unpaired) electrons. The van der Waals surface area contributed by atoms with Crippen LogP contribution < -0.4 is 5.32 Å². The maximum absolute atomic E-state index is 12.3. The number of nitrogens with one attached hydrogen (secondary N) is 2. The van der Waals surface area contributed by atoms with Crippen molar-refractivity contribution in [3.8, 4) is 0 Å². The van der Waals surface area contributed by atoms with Gasteiger partial charge in [0.25, 0.3) is 5.91 Å². The monoisotopic (exact) mass is 271 g/mol. The third-order valence-corrected chi connectivity index (χ3v) is 3.93. The molecule has 1 aromatic heterocycles. The van der Waals surface area contributed by atoms with Gasteiger partial charge in [0.1, 0.15) is 0 Å². The number of hydrogen-bond donors (Lipinski definition) is 2. The van der Waals surface area contributed by atoms with Gasteiger partial charge < -0.3 is 15.2 Å². The third-order valence-electron chi connectivity index (χ3n) is 3.93. The van der Waals surface area contributed by atoms with Crippen LogP contribution in [0.15, 0.2) is 30.5 Å². The summed E-state index contributed by atoms with van der Waals surface area (Å²) in [6, 6.07) is 7.96. The Morgan fingerprint density at radius 3 is 2.95 bits per heavy atom. The number of likely N-dealkylation sites (tertiary alicyclic amines) is 1. The largest absolute Gasteiger partial charge is 0.361 e. The average molecular weight is 271 g/mol. The second-order valence-electron chi connectivity index (χ2n) is 5.66. The molecule has 1 saturated heterocycles. The van der Waals surface area contributed by atoms with Gasteiger partial charge in [-0.2, -0.15) is 0 Å². The predicted octanol–water partition coefficient (Wildman–Crippen LogP) is 2.38. The highest BCUT2D eigenvalue weighted by Gasteiger charge is 2.16. The van der Waals surface area contributed by atoms with E-state index < -0.39 is 0 Å². The molecule has 0 bridgehead atoms. The molecule has 4 heteroatoms. The van der Waals surface area contributed by atoms with Crippen molar-refractivity contribution >= 4 is 16.8 Å². The Hall–Kier alpha value is -1.81. The van der Waals surface area contributed by atoms with Gasteiger partial charge in [-0.05, 0) is 56.4 Å². The Morgan fingerprint density at radius 2 is 2.15 bits per heavy atom. The molecule has 1 atom stereocenters. The van der Waals surface area contributed by atoms with Crippen LogP contribution in [0, 0.1) is 0 Å². The molecule has 3 rings (SSSR count). The number of benzene rings is 1. The summed E-state index contributed by atoms with van der Waals surface area (Å²) in [4.78, 5) is 17.8. The van der Waals surface area contributed by atoms with Gasteiger partial charge in [-0.1, -0.05) is 6.07 Å². The van der Waals surface area contributed by atoms with Crippen molar-refractivity contribution in [1.82, 2.24) is 15.2 Å². The molecule has 0 aliphatic carbocycles. The van der Waals surface area contributed by atoms with Gasteiger partial charge in [0.15, 0.2) is 0 Å². The smallest absolute Gasteiger partial charge is 0.251 e. The van der Waals surface area contributed by atoms with Gasteiger partial charge in [0, 0.05) is 29.9 Å². The van der Waals surface area contributed by atoms with Crippen LogP contribution >= 0.6 is 0 Å². The lowest BCUT2D eigenvalue weighted by Crippen LogP contribution is -2.41. The van der Waals surface area contributed by atoms with E-state index in [-0.39, 0.29) is 11.9 Å². The summed E-state index contributed by atoms with van der Waals surface area (Å²) in [6.07, 6.45) is 4.46. The molecule has 1 aliphatic heterocycles. The quantitative estimate of drug-likeness (QED) is 0.897. The highest BCUT2D eigenvalue weighted by atomic mass is 16.1. The van der Waals surface area contributed by atoms with E-state index in [9.17, 15) is 4.79 Å².